The first-order valence-corrected chi connectivity index (χ1v) is 7.66. The minimum absolute atomic E-state index is 0.270. The number of benzene rings is 1. The summed E-state index contributed by atoms with van der Waals surface area (Å²) < 4.78 is 14.3. The van der Waals surface area contributed by atoms with Gasteiger partial charge in [0.05, 0.1) is 11.3 Å². The Balaban J connectivity index is 2.00. The molecule has 0 bridgehead atoms. The highest BCUT2D eigenvalue weighted by Gasteiger charge is 2.36. The molecule has 22 heavy (non-hydrogen) atoms. The molecule has 1 aromatic carbocycles. The molecule has 1 N–H and O–H groups in total. The highest BCUT2D eigenvalue weighted by atomic mass is 19.1. The third kappa shape index (κ3) is 2.51. The van der Waals surface area contributed by atoms with Gasteiger partial charge in [0.15, 0.2) is 0 Å². The van der Waals surface area contributed by atoms with Crippen LogP contribution in [-0.2, 0) is 9.59 Å². The number of hydrogen-bond donors (Lipinski definition) is 1. The summed E-state index contributed by atoms with van der Waals surface area (Å²) >= 11 is 0. The number of halogens is 1. The molecule has 1 aromatic rings. The largest absolute Gasteiger partial charge is 0.356 e. The maximum atomic E-state index is 14.3. The molecule has 0 saturated heterocycles. The van der Waals surface area contributed by atoms with Crippen LogP contribution in [0.3, 0.4) is 0 Å². The highest BCUT2D eigenvalue weighted by Crippen LogP contribution is 2.40. The van der Waals surface area contributed by atoms with Gasteiger partial charge < -0.3 is 10.2 Å². The topological polar surface area (TPSA) is 49.4 Å². The maximum absolute atomic E-state index is 14.3. The zero-order chi connectivity index (χ0) is 15.7. The van der Waals surface area contributed by atoms with Gasteiger partial charge in [0, 0.05) is 25.2 Å². The molecule has 2 amide bonds. The van der Waals surface area contributed by atoms with Crippen LogP contribution in [-0.4, -0.2) is 25.4 Å². The van der Waals surface area contributed by atoms with Crippen molar-refractivity contribution in [1.29, 1.82) is 0 Å². The van der Waals surface area contributed by atoms with E-state index < -0.39 is 5.82 Å². The van der Waals surface area contributed by atoms with Crippen LogP contribution in [0.2, 0.25) is 0 Å². The Morgan fingerprint density at radius 1 is 1.41 bits per heavy atom. The fourth-order valence-electron chi connectivity index (χ4n) is 3.34. The van der Waals surface area contributed by atoms with E-state index in [2.05, 4.69) is 5.32 Å². The number of amides is 2. The summed E-state index contributed by atoms with van der Waals surface area (Å²) in [5.74, 6) is -0.642. The summed E-state index contributed by atoms with van der Waals surface area (Å²) in [5, 5.41) is 2.47. The normalized spacial score (nSPS) is 19.8. The predicted molar refractivity (Wildman–Crippen MR) is 82.8 cm³/mol. The first-order valence-electron chi connectivity index (χ1n) is 7.66. The summed E-state index contributed by atoms with van der Waals surface area (Å²) in [4.78, 5) is 25.8. The van der Waals surface area contributed by atoms with Gasteiger partial charge in [-0.1, -0.05) is 25.0 Å². The van der Waals surface area contributed by atoms with Crippen molar-refractivity contribution in [2.75, 3.05) is 18.5 Å². The molecule has 1 saturated carbocycles. The number of likely N-dealkylation sites (N-methyl/N-ethyl adjacent to an activating group) is 1. The summed E-state index contributed by atoms with van der Waals surface area (Å²) in [7, 11) is 1.50. The molecule has 3 rings (SSSR count). The lowest BCUT2D eigenvalue weighted by Crippen LogP contribution is -2.32. The van der Waals surface area contributed by atoms with Gasteiger partial charge in [-0.05, 0) is 24.8 Å². The Kier molecular flexibility index (Phi) is 3.96. The predicted octanol–water partition coefficient (Wildman–Crippen LogP) is 2.49. The maximum Gasteiger partial charge on any atom is 0.259 e. The molecule has 0 unspecified atom stereocenters. The Morgan fingerprint density at radius 2 is 2.14 bits per heavy atom. The Bertz CT molecular complexity index is 648. The lowest BCUT2D eigenvalue weighted by atomic mass is 10.1. The highest BCUT2D eigenvalue weighted by molar-refractivity contribution is 6.34. The molecular weight excluding hydrogens is 283 g/mol. The van der Waals surface area contributed by atoms with Crippen LogP contribution in [0, 0.1) is 11.7 Å². The summed E-state index contributed by atoms with van der Waals surface area (Å²) in [5.41, 5.74) is 1.09. The SMILES string of the molecule is CNC(=O)/C=C1/C(=O)N(CC2CCCC2)c2c(F)cccc21. The lowest BCUT2D eigenvalue weighted by molar-refractivity contribution is -0.117. The van der Waals surface area contributed by atoms with Crippen LogP contribution in [0.4, 0.5) is 10.1 Å². The smallest absolute Gasteiger partial charge is 0.259 e. The van der Waals surface area contributed by atoms with Crippen LogP contribution in [0.1, 0.15) is 31.2 Å². The van der Waals surface area contributed by atoms with Crippen molar-refractivity contribution in [1.82, 2.24) is 5.32 Å². The van der Waals surface area contributed by atoms with E-state index in [4.69, 9.17) is 0 Å². The minimum Gasteiger partial charge on any atom is -0.356 e. The molecule has 116 valence electrons. The van der Waals surface area contributed by atoms with Crippen LogP contribution < -0.4 is 10.2 Å². The zero-order valence-corrected chi connectivity index (χ0v) is 12.6. The van der Waals surface area contributed by atoms with Crippen LogP contribution in [0.15, 0.2) is 24.3 Å². The molecule has 0 atom stereocenters. The standard InChI is InChI=1S/C17H19FN2O2/c1-19-15(21)9-13-12-7-4-8-14(18)16(12)20(17(13)22)10-11-5-2-3-6-11/h4,7-9,11H,2-3,5-6,10H2,1H3,(H,19,21)/b13-9+. The molecule has 1 heterocycles. The van der Waals surface area contributed by atoms with E-state index in [1.807, 2.05) is 0 Å². The van der Waals surface area contributed by atoms with Crippen molar-refractivity contribution in [2.45, 2.75) is 25.7 Å². The van der Waals surface area contributed by atoms with E-state index in [1.165, 1.54) is 24.1 Å². The van der Waals surface area contributed by atoms with Crippen molar-refractivity contribution in [3.63, 3.8) is 0 Å². The average molecular weight is 302 g/mol. The molecule has 2 aliphatic rings. The first-order chi connectivity index (χ1) is 10.6. The van der Waals surface area contributed by atoms with E-state index in [0.29, 0.717) is 23.7 Å². The Hall–Kier alpha value is -2.17. The first kappa shape index (κ1) is 14.8. The van der Waals surface area contributed by atoms with Gasteiger partial charge in [-0.2, -0.15) is 0 Å². The summed E-state index contributed by atoms with van der Waals surface area (Å²) in [6.45, 7) is 0.526. The minimum atomic E-state index is -0.413. The number of anilines is 1. The van der Waals surface area contributed by atoms with Gasteiger partial charge in [0.1, 0.15) is 5.82 Å². The molecule has 1 fully saturated rings. The monoisotopic (exact) mass is 302 g/mol. The lowest BCUT2D eigenvalue weighted by Gasteiger charge is -2.21. The number of nitrogens with one attached hydrogen (secondary N) is 1. The van der Waals surface area contributed by atoms with Gasteiger partial charge in [-0.3, -0.25) is 9.59 Å². The molecule has 1 aliphatic carbocycles. The van der Waals surface area contributed by atoms with E-state index >= 15 is 0 Å². The second-order valence-electron chi connectivity index (χ2n) is 5.87. The molecule has 5 heteroatoms. The van der Waals surface area contributed by atoms with Crippen molar-refractivity contribution < 1.29 is 14.0 Å². The number of fused-ring (bicyclic) bond motifs is 1. The summed E-state index contributed by atoms with van der Waals surface area (Å²) in [6, 6.07) is 4.62. The Labute approximate surface area is 129 Å². The average Bonchev–Trinajstić information content (AvgIpc) is 3.10. The molecular formula is C17H19FN2O2. The molecule has 1 aliphatic heterocycles. The van der Waals surface area contributed by atoms with Gasteiger partial charge in [-0.25, -0.2) is 4.39 Å². The van der Waals surface area contributed by atoms with Crippen LogP contribution >= 0.6 is 0 Å². The number of hydrogen-bond acceptors (Lipinski definition) is 2. The fraction of sp³-hybridized carbons (Fsp3) is 0.412. The van der Waals surface area contributed by atoms with E-state index in [1.54, 1.807) is 12.1 Å². The zero-order valence-electron chi connectivity index (χ0n) is 12.6. The van der Waals surface area contributed by atoms with E-state index in [9.17, 15) is 14.0 Å². The third-order valence-electron chi connectivity index (χ3n) is 4.46. The Morgan fingerprint density at radius 3 is 2.82 bits per heavy atom. The fourth-order valence-corrected chi connectivity index (χ4v) is 3.34. The molecule has 0 spiro atoms. The number of carbonyl (C=O) groups is 2. The number of para-hydroxylation sites is 1. The summed E-state index contributed by atoms with van der Waals surface area (Å²) in [6.07, 6.45) is 5.73. The van der Waals surface area contributed by atoms with Crippen molar-refractivity contribution in [2.24, 2.45) is 5.92 Å². The number of carbonyl (C=O) groups excluding carboxylic acids is 2. The number of nitrogens with zero attached hydrogens (tertiary/aromatic N) is 1. The van der Waals surface area contributed by atoms with Crippen LogP contribution in [0.5, 0.6) is 0 Å². The molecule has 0 aromatic heterocycles. The van der Waals surface area contributed by atoms with Gasteiger partial charge in [0.25, 0.3) is 5.91 Å². The van der Waals surface area contributed by atoms with Crippen molar-refractivity contribution in [3.8, 4) is 0 Å². The number of rotatable bonds is 3. The van der Waals surface area contributed by atoms with Gasteiger partial charge in [-0.15, -0.1) is 0 Å². The van der Waals surface area contributed by atoms with E-state index in [0.717, 1.165) is 25.7 Å². The van der Waals surface area contributed by atoms with Crippen LogP contribution in [0.25, 0.3) is 5.57 Å². The van der Waals surface area contributed by atoms with E-state index in [-0.39, 0.29) is 17.4 Å². The second-order valence-corrected chi connectivity index (χ2v) is 5.87. The third-order valence-corrected chi connectivity index (χ3v) is 4.46. The quantitative estimate of drug-likeness (QED) is 0.872. The van der Waals surface area contributed by atoms with Gasteiger partial charge in [0.2, 0.25) is 5.91 Å². The van der Waals surface area contributed by atoms with Crippen molar-refractivity contribution in [3.05, 3.63) is 35.7 Å². The second kappa shape index (κ2) is 5.91. The molecule has 0 radical (unpaired) electrons. The van der Waals surface area contributed by atoms with Crippen molar-refractivity contribution >= 4 is 23.1 Å². The molecule has 4 nitrogen and oxygen atoms in total. The van der Waals surface area contributed by atoms with Gasteiger partial charge >= 0.3 is 0 Å².